The molecule has 1 N–H and O–H groups in total. The van der Waals surface area contributed by atoms with Crippen LogP contribution in [0.25, 0.3) is 11.4 Å². The van der Waals surface area contributed by atoms with E-state index in [1.165, 1.54) is 60.2 Å². The summed E-state index contributed by atoms with van der Waals surface area (Å²) in [6, 6.07) is 11.1. The molecule has 7 nitrogen and oxygen atoms in total. The molecule has 0 spiro atoms. The number of hydrogen-bond donors (Lipinski definition) is 1. The lowest BCUT2D eigenvalue weighted by molar-refractivity contribution is -0.116. The molecule has 1 heterocycles. The standard InChI is InChI=1S/C22H19ClFN3O4/c1-3-16-11-20(29)27(21(25-16)13-4-7-15(24)8-5-13)12-19(28)26-18-10-14(23)6-9-17(18)22(30)31-2/h4-11H,3,12H2,1-2H3,(H,26,28). The van der Waals surface area contributed by atoms with E-state index in [9.17, 15) is 18.8 Å². The number of hydrogen-bond acceptors (Lipinski definition) is 5. The van der Waals surface area contributed by atoms with Crippen molar-refractivity contribution in [3.63, 3.8) is 0 Å². The maximum absolute atomic E-state index is 13.3. The van der Waals surface area contributed by atoms with E-state index in [-0.39, 0.29) is 23.6 Å². The van der Waals surface area contributed by atoms with Crippen LogP contribution in [0.3, 0.4) is 0 Å². The zero-order valence-corrected chi connectivity index (χ0v) is 17.6. The third kappa shape index (κ3) is 5.16. The van der Waals surface area contributed by atoms with Crippen molar-refractivity contribution < 1.29 is 18.7 Å². The van der Waals surface area contributed by atoms with Crippen molar-refractivity contribution in [1.82, 2.24) is 9.55 Å². The summed E-state index contributed by atoms with van der Waals surface area (Å²) in [6.07, 6.45) is 0.515. The summed E-state index contributed by atoms with van der Waals surface area (Å²) in [6.45, 7) is 1.47. The Balaban J connectivity index is 1.97. The van der Waals surface area contributed by atoms with Crippen molar-refractivity contribution in [2.45, 2.75) is 19.9 Å². The summed E-state index contributed by atoms with van der Waals surface area (Å²) in [7, 11) is 1.22. The summed E-state index contributed by atoms with van der Waals surface area (Å²) in [5.41, 5.74) is 0.869. The van der Waals surface area contributed by atoms with Crippen LogP contribution in [-0.2, 0) is 22.5 Å². The van der Waals surface area contributed by atoms with Gasteiger partial charge in [-0.1, -0.05) is 18.5 Å². The van der Waals surface area contributed by atoms with E-state index in [0.717, 1.165) is 0 Å². The highest BCUT2D eigenvalue weighted by Crippen LogP contribution is 2.22. The minimum Gasteiger partial charge on any atom is -0.465 e. The number of amides is 1. The summed E-state index contributed by atoms with van der Waals surface area (Å²) in [4.78, 5) is 41.9. The fourth-order valence-electron chi connectivity index (χ4n) is 2.95. The molecule has 3 rings (SSSR count). The quantitative estimate of drug-likeness (QED) is 0.587. The average molecular weight is 444 g/mol. The molecular formula is C22H19ClFN3O4. The van der Waals surface area contributed by atoms with Gasteiger partial charge in [-0.25, -0.2) is 14.2 Å². The number of carbonyl (C=O) groups excluding carboxylic acids is 2. The third-order valence-electron chi connectivity index (χ3n) is 4.49. The lowest BCUT2D eigenvalue weighted by Gasteiger charge is -2.15. The molecule has 160 valence electrons. The van der Waals surface area contributed by atoms with Crippen molar-refractivity contribution in [1.29, 1.82) is 0 Å². The Morgan fingerprint density at radius 1 is 1.16 bits per heavy atom. The molecule has 0 bridgehead atoms. The molecule has 0 aliphatic carbocycles. The largest absolute Gasteiger partial charge is 0.465 e. The fourth-order valence-corrected chi connectivity index (χ4v) is 3.12. The number of ether oxygens (including phenoxy) is 1. The lowest BCUT2D eigenvalue weighted by atomic mass is 10.1. The number of esters is 1. The maximum atomic E-state index is 13.3. The molecule has 0 atom stereocenters. The topological polar surface area (TPSA) is 90.3 Å². The van der Waals surface area contributed by atoms with Gasteiger partial charge in [-0.15, -0.1) is 0 Å². The number of aromatic nitrogens is 2. The highest BCUT2D eigenvalue weighted by atomic mass is 35.5. The fraction of sp³-hybridized carbons (Fsp3) is 0.182. The molecule has 0 saturated carbocycles. The Hall–Kier alpha value is -3.52. The molecule has 31 heavy (non-hydrogen) atoms. The normalized spacial score (nSPS) is 10.6. The molecule has 0 unspecified atom stereocenters. The van der Waals surface area contributed by atoms with Crippen LogP contribution in [0.4, 0.5) is 10.1 Å². The molecule has 3 aromatic rings. The second kappa shape index (κ2) is 9.53. The van der Waals surface area contributed by atoms with Gasteiger partial charge in [-0.2, -0.15) is 0 Å². The lowest BCUT2D eigenvalue weighted by Crippen LogP contribution is -2.30. The summed E-state index contributed by atoms with van der Waals surface area (Å²) in [5, 5.41) is 2.89. The number of carbonyl (C=O) groups is 2. The van der Waals surface area contributed by atoms with Crippen LogP contribution in [0.15, 0.2) is 53.3 Å². The zero-order valence-electron chi connectivity index (χ0n) is 16.8. The van der Waals surface area contributed by atoms with Crippen LogP contribution in [-0.4, -0.2) is 28.5 Å². The van der Waals surface area contributed by atoms with Gasteiger partial charge in [0.05, 0.1) is 18.4 Å². The van der Waals surface area contributed by atoms with E-state index >= 15 is 0 Å². The minimum atomic E-state index is -0.648. The molecule has 0 radical (unpaired) electrons. The number of nitrogens with zero attached hydrogens (tertiary/aromatic N) is 2. The third-order valence-corrected chi connectivity index (χ3v) is 4.72. The molecule has 2 aromatic carbocycles. The van der Waals surface area contributed by atoms with E-state index in [1.807, 2.05) is 6.92 Å². The first kappa shape index (κ1) is 22.2. The Kier molecular flexibility index (Phi) is 6.81. The summed E-state index contributed by atoms with van der Waals surface area (Å²) < 4.78 is 19.2. The molecule has 0 aliphatic rings. The van der Waals surface area contributed by atoms with E-state index in [4.69, 9.17) is 16.3 Å². The first-order valence-corrected chi connectivity index (χ1v) is 9.74. The van der Waals surface area contributed by atoms with E-state index in [1.54, 1.807) is 0 Å². The maximum Gasteiger partial charge on any atom is 0.339 e. The van der Waals surface area contributed by atoms with Crippen molar-refractivity contribution >= 4 is 29.2 Å². The second-order valence-electron chi connectivity index (χ2n) is 6.59. The van der Waals surface area contributed by atoms with E-state index in [0.29, 0.717) is 22.7 Å². The minimum absolute atomic E-state index is 0.116. The monoisotopic (exact) mass is 443 g/mol. The van der Waals surface area contributed by atoms with Crippen LogP contribution in [0.1, 0.15) is 23.0 Å². The zero-order chi connectivity index (χ0) is 22.5. The van der Waals surface area contributed by atoms with Crippen LogP contribution in [0.2, 0.25) is 5.02 Å². The van der Waals surface area contributed by atoms with Gasteiger partial charge in [-0.05, 0) is 48.9 Å². The SMILES string of the molecule is CCc1cc(=O)n(CC(=O)Nc2cc(Cl)ccc2C(=O)OC)c(-c2ccc(F)cc2)n1. The molecule has 0 fully saturated rings. The van der Waals surface area contributed by atoms with Crippen LogP contribution < -0.4 is 10.9 Å². The smallest absolute Gasteiger partial charge is 0.339 e. The predicted octanol–water partition coefficient (Wildman–Crippen LogP) is 3.69. The van der Waals surface area contributed by atoms with Gasteiger partial charge in [-0.3, -0.25) is 14.2 Å². The van der Waals surface area contributed by atoms with E-state index < -0.39 is 23.3 Å². The number of benzene rings is 2. The highest BCUT2D eigenvalue weighted by Gasteiger charge is 2.17. The van der Waals surface area contributed by atoms with E-state index in [2.05, 4.69) is 10.3 Å². The van der Waals surface area contributed by atoms with Gasteiger partial charge in [0.2, 0.25) is 5.91 Å². The molecular weight excluding hydrogens is 425 g/mol. The average Bonchev–Trinajstić information content (AvgIpc) is 2.75. The summed E-state index contributed by atoms with van der Waals surface area (Å²) >= 11 is 5.99. The van der Waals surface area contributed by atoms with Crippen molar-refractivity contribution in [3.8, 4) is 11.4 Å². The number of methoxy groups -OCH3 is 1. The van der Waals surface area contributed by atoms with Crippen LogP contribution in [0, 0.1) is 5.82 Å². The molecule has 1 aromatic heterocycles. The first-order valence-electron chi connectivity index (χ1n) is 9.36. The van der Waals surface area contributed by atoms with Gasteiger partial charge in [0.1, 0.15) is 18.2 Å². The Labute approximate surface area is 182 Å². The van der Waals surface area contributed by atoms with Crippen molar-refractivity contribution in [2.24, 2.45) is 0 Å². The number of rotatable bonds is 6. The summed E-state index contributed by atoms with van der Waals surface area (Å²) in [5.74, 6) is -1.42. The van der Waals surface area contributed by atoms with Gasteiger partial charge in [0.25, 0.3) is 5.56 Å². The number of nitrogens with one attached hydrogen (secondary N) is 1. The number of halogens is 2. The van der Waals surface area contributed by atoms with Gasteiger partial charge >= 0.3 is 5.97 Å². The second-order valence-corrected chi connectivity index (χ2v) is 7.02. The van der Waals surface area contributed by atoms with Crippen LogP contribution in [0.5, 0.6) is 0 Å². The van der Waals surface area contributed by atoms with Gasteiger partial charge < -0.3 is 10.1 Å². The first-order chi connectivity index (χ1) is 14.8. The number of aryl methyl sites for hydroxylation is 1. The predicted molar refractivity (Wildman–Crippen MR) is 115 cm³/mol. The molecule has 0 aliphatic heterocycles. The van der Waals surface area contributed by atoms with Crippen LogP contribution >= 0.6 is 11.6 Å². The Bertz CT molecular complexity index is 1190. The van der Waals surface area contributed by atoms with Gasteiger partial charge in [0, 0.05) is 22.3 Å². The van der Waals surface area contributed by atoms with Crippen molar-refractivity contribution in [3.05, 3.63) is 81.0 Å². The number of anilines is 1. The Morgan fingerprint density at radius 2 is 1.87 bits per heavy atom. The highest BCUT2D eigenvalue weighted by molar-refractivity contribution is 6.31. The van der Waals surface area contributed by atoms with Gasteiger partial charge in [0.15, 0.2) is 0 Å². The molecule has 0 saturated heterocycles. The molecule has 9 heteroatoms. The van der Waals surface area contributed by atoms with Crippen molar-refractivity contribution in [2.75, 3.05) is 12.4 Å². The Morgan fingerprint density at radius 3 is 2.52 bits per heavy atom. The molecule has 1 amide bonds.